The minimum Gasteiger partial charge on any atom is -0.380 e. The second-order valence-electron chi connectivity index (χ2n) is 4.93. The van der Waals surface area contributed by atoms with Crippen molar-refractivity contribution in [3.05, 3.63) is 0 Å². The molecule has 2 atom stereocenters. The Hall–Kier alpha value is -0.0800. The fourth-order valence-corrected chi connectivity index (χ4v) is 1.55. The van der Waals surface area contributed by atoms with Crippen LogP contribution in [-0.4, -0.2) is 19.3 Å². The zero-order valence-electron chi connectivity index (χ0n) is 8.63. The Labute approximate surface area is 75.5 Å². The number of hydrogen-bond acceptors (Lipinski definition) is 2. The largest absolute Gasteiger partial charge is 0.380 e. The lowest BCUT2D eigenvalue weighted by atomic mass is 9.82. The maximum atomic E-state index is 6.12. The standard InChI is InChI=1S/C10H21NO/c1-10(2,3)9(11)8(12-4)7-5-6-7/h7-9H,5-6,11H2,1-4H3. The molecule has 0 amide bonds. The lowest BCUT2D eigenvalue weighted by molar-refractivity contribution is 0.0293. The molecule has 0 aromatic heterocycles. The van der Waals surface area contributed by atoms with Crippen molar-refractivity contribution in [2.45, 2.75) is 45.8 Å². The highest BCUT2D eigenvalue weighted by Crippen LogP contribution is 2.38. The summed E-state index contributed by atoms with van der Waals surface area (Å²) in [7, 11) is 1.77. The van der Waals surface area contributed by atoms with Crippen molar-refractivity contribution in [3.8, 4) is 0 Å². The van der Waals surface area contributed by atoms with Crippen molar-refractivity contribution in [2.24, 2.45) is 17.1 Å². The molecule has 2 N–H and O–H groups in total. The van der Waals surface area contributed by atoms with E-state index in [0.717, 1.165) is 5.92 Å². The first-order chi connectivity index (χ1) is 5.46. The van der Waals surface area contributed by atoms with Crippen LogP contribution in [0.25, 0.3) is 0 Å². The zero-order valence-corrected chi connectivity index (χ0v) is 8.63. The lowest BCUT2D eigenvalue weighted by Crippen LogP contribution is -2.47. The number of hydrogen-bond donors (Lipinski definition) is 1. The van der Waals surface area contributed by atoms with E-state index >= 15 is 0 Å². The summed E-state index contributed by atoms with van der Waals surface area (Å²) in [5, 5.41) is 0. The van der Waals surface area contributed by atoms with Gasteiger partial charge < -0.3 is 10.5 Å². The highest BCUT2D eigenvalue weighted by molar-refractivity contribution is 4.93. The Bertz CT molecular complexity index is 146. The third-order valence-corrected chi connectivity index (χ3v) is 2.71. The van der Waals surface area contributed by atoms with Gasteiger partial charge >= 0.3 is 0 Å². The molecule has 0 spiro atoms. The van der Waals surface area contributed by atoms with Crippen molar-refractivity contribution >= 4 is 0 Å². The summed E-state index contributed by atoms with van der Waals surface area (Å²) >= 11 is 0. The van der Waals surface area contributed by atoms with Gasteiger partial charge in [0.2, 0.25) is 0 Å². The van der Waals surface area contributed by atoms with E-state index in [9.17, 15) is 0 Å². The fourth-order valence-electron chi connectivity index (χ4n) is 1.55. The smallest absolute Gasteiger partial charge is 0.0755 e. The SMILES string of the molecule is COC(C1CC1)C(N)C(C)(C)C. The van der Waals surface area contributed by atoms with Crippen LogP contribution in [0, 0.1) is 11.3 Å². The zero-order chi connectivity index (χ0) is 9.35. The summed E-state index contributed by atoms with van der Waals surface area (Å²) in [5.74, 6) is 0.726. The summed E-state index contributed by atoms with van der Waals surface area (Å²) in [4.78, 5) is 0. The van der Waals surface area contributed by atoms with Gasteiger partial charge in [0.25, 0.3) is 0 Å². The summed E-state index contributed by atoms with van der Waals surface area (Å²) in [5.41, 5.74) is 6.28. The van der Waals surface area contributed by atoms with E-state index in [-0.39, 0.29) is 17.6 Å². The van der Waals surface area contributed by atoms with Gasteiger partial charge in [-0.15, -0.1) is 0 Å². The molecule has 2 unspecified atom stereocenters. The van der Waals surface area contributed by atoms with E-state index in [2.05, 4.69) is 20.8 Å². The highest BCUT2D eigenvalue weighted by atomic mass is 16.5. The van der Waals surface area contributed by atoms with Gasteiger partial charge in [-0.25, -0.2) is 0 Å². The van der Waals surface area contributed by atoms with Crippen LogP contribution in [0.3, 0.4) is 0 Å². The average molecular weight is 171 g/mol. The molecule has 0 radical (unpaired) electrons. The first kappa shape index (κ1) is 10.0. The predicted octanol–water partition coefficient (Wildman–Crippen LogP) is 1.78. The van der Waals surface area contributed by atoms with Gasteiger partial charge in [0.1, 0.15) is 0 Å². The molecule has 1 saturated carbocycles. The van der Waals surface area contributed by atoms with E-state index in [0.29, 0.717) is 0 Å². The first-order valence-electron chi connectivity index (χ1n) is 4.75. The van der Waals surface area contributed by atoms with E-state index in [1.165, 1.54) is 12.8 Å². The first-order valence-corrected chi connectivity index (χ1v) is 4.75. The number of methoxy groups -OCH3 is 1. The minimum absolute atomic E-state index is 0.156. The van der Waals surface area contributed by atoms with Crippen molar-refractivity contribution in [1.29, 1.82) is 0 Å². The van der Waals surface area contributed by atoms with E-state index < -0.39 is 0 Å². The summed E-state index contributed by atoms with van der Waals surface area (Å²) in [6.45, 7) is 6.52. The Morgan fingerprint density at radius 3 is 2.08 bits per heavy atom. The van der Waals surface area contributed by atoms with Crippen LogP contribution in [0.2, 0.25) is 0 Å². The summed E-state index contributed by atoms with van der Waals surface area (Å²) < 4.78 is 5.44. The van der Waals surface area contributed by atoms with E-state index in [1.807, 2.05) is 0 Å². The molecule has 2 heteroatoms. The monoisotopic (exact) mass is 171 g/mol. The van der Waals surface area contributed by atoms with Crippen LogP contribution in [0.5, 0.6) is 0 Å². The van der Waals surface area contributed by atoms with Crippen molar-refractivity contribution in [3.63, 3.8) is 0 Å². The predicted molar refractivity (Wildman–Crippen MR) is 51.0 cm³/mol. The molecule has 1 fully saturated rings. The highest BCUT2D eigenvalue weighted by Gasteiger charge is 2.39. The second-order valence-corrected chi connectivity index (χ2v) is 4.93. The third-order valence-electron chi connectivity index (χ3n) is 2.71. The molecular formula is C10H21NO. The van der Waals surface area contributed by atoms with Gasteiger partial charge in [0, 0.05) is 13.2 Å². The van der Waals surface area contributed by atoms with Crippen LogP contribution in [0.15, 0.2) is 0 Å². The Morgan fingerprint density at radius 2 is 1.83 bits per heavy atom. The molecular weight excluding hydrogens is 150 g/mol. The average Bonchev–Trinajstić information content (AvgIpc) is 2.70. The number of nitrogens with two attached hydrogens (primary N) is 1. The molecule has 2 nitrogen and oxygen atoms in total. The molecule has 0 aromatic rings. The molecule has 72 valence electrons. The van der Waals surface area contributed by atoms with E-state index in [1.54, 1.807) is 7.11 Å². The molecule has 0 saturated heterocycles. The molecule has 0 heterocycles. The maximum absolute atomic E-state index is 6.12. The van der Waals surface area contributed by atoms with Crippen LogP contribution < -0.4 is 5.73 Å². The van der Waals surface area contributed by atoms with Gasteiger partial charge in [0.05, 0.1) is 6.10 Å². The molecule has 1 rings (SSSR count). The van der Waals surface area contributed by atoms with Crippen LogP contribution >= 0.6 is 0 Å². The maximum Gasteiger partial charge on any atom is 0.0755 e. The molecule has 0 aliphatic heterocycles. The molecule has 0 aromatic carbocycles. The fraction of sp³-hybridized carbons (Fsp3) is 1.00. The number of rotatable bonds is 3. The van der Waals surface area contributed by atoms with Gasteiger partial charge in [-0.2, -0.15) is 0 Å². The van der Waals surface area contributed by atoms with E-state index in [4.69, 9.17) is 10.5 Å². The quantitative estimate of drug-likeness (QED) is 0.702. The minimum atomic E-state index is 0.156. The third kappa shape index (κ3) is 2.20. The molecule has 0 bridgehead atoms. The second kappa shape index (κ2) is 3.35. The van der Waals surface area contributed by atoms with Gasteiger partial charge in [-0.05, 0) is 24.2 Å². The normalized spacial score (nSPS) is 23.8. The van der Waals surface area contributed by atoms with Crippen molar-refractivity contribution < 1.29 is 4.74 Å². The number of ether oxygens (including phenoxy) is 1. The molecule has 1 aliphatic carbocycles. The Morgan fingerprint density at radius 1 is 1.33 bits per heavy atom. The van der Waals surface area contributed by atoms with Gasteiger partial charge in [-0.1, -0.05) is 20.8 Å². The van der Waals surface area contributed by atoms with Crippen molar-refractivity contribution in [2.75, 3.05) is 7.11 Å². The lowest BCUT2D eigenvalue weighted by Gasteiger charge is -2.33. The Balaban J connectivity index is 2.52. The van der Waals surface area contributed by atoms with Gasteiger partial charge in [0.15, 0.2) is 0 Å². The van der Waals surface area contributed by atoms with Crippen molar-refractivity contribution in [1.82, 2.24) is 0 Å². The molecule has 1 aliphatic rings. The summed E-state index contributed by atoms with van der Waals surface area (Å²) in [6.07, 6.45) is 2.86. The topological polar surface area (TPSA) is 35.2 Å². The van der Waals surface area contributed by atoms with Crippen LogP contribution in [-0.2, 0) is 4.74 Å². The Kier molecular flexibility index (Phi) is 2.79. The summed E-state index contributed by atoms with van der Waals surface area (Å²) in [6, 6.07) is 0.162. The van der Waals surface area contributed by atoms with Gasteiger partial charge in [-0.3, -0.25) is 0 Å². The van der Waals surface area contributed by atoms with Crippen LogP contribution in [0.1, 0.15) is 33.6 Å². The molecule has 12 heavy (non-hydrogen) atoms. The van der Waals surface area contributed by atoms with Crippen LogP contribution in [0.4, 0.5) is 0 Å².